The standard InChI is InChI=1S/C22H24FN7O2/c1-30-8-7-13-9-16(23)18(10-15(13)11-30)26-22-27-21(19(20(24)31)28-29-22)25-17-6-4-3-5-14(17)12-32-2/h3-6,9-10H,7-8,11-12H2,1-2H3,(H2,24,31)(H2,25,26,27,29). The molecular formula is C22H24FN7O2. The number of fused-ring (bicyclic) bond motifs is 1. The van der Waals surface area contributed by atoms with Crippen molar-refractivity contribution in [3.8, 4) is 0 Å². The molecular weight excluding hydrogens is 413 g/mol. The van der Waals surface area contributed by atoms with E-state index in [0.29, 0.717) is 12.3 Å². The summed E-state index contributed by atoms with van der Waals surface area (Å²) in [5, 5.41) is 13.8. The summed E-state index contributed by atoms with van der Waals surface area (Å²) in [4.78, 5) is 18.4. The van der Waals surface area contributed by atoms with E-state index in [-0.39, 0.29) is 23.1 Å². The third-order valence-electron chi connectivity index (χ3n) is 5.23. The largest absolute Gasteiger partial charge is 0.380 e. The first-order chi connectivity index (χ1) is 15.4. The van der Waals surface area contributed by atoms with E-state index >= 15 is 0 Å². The first-order valence-electron chi connectivity index (χ1n) is 10.1. The number of nitrogens with zero attached hydrogens (tertiary/aromatic N) is 4. The maximum Gasteiger partial charge on any atom is 0.273 e. The molecule has 4 rings (SSSR count). The van der Waals surface area contributed by atoms with Crippen LogP contribution in [0.4, 0.5) is 27.5 Å². The van der Waals surface area contributed by atoms with Crippen molar-refractivity contribution in [2.45, 2.75) is 19.6 Å². The lowest BCUT2D eigenvalue weighted by Gasteiger charge is -2.25. The number of carbonyl (C=O) groups excluding carboxylic acids is 1. The fraction of sp³-hybridized carbons (Fsp3) is 0.273. The molecule has 2 aromatic carbocycles. The molecule has 1 amide bonds. The van der Waals surface area contributed by atoms with Gasteiger partial charge in [-0.25, -0.2) is 4.39 Å². The lowest BCUT2D eigenvalue weighted by Crippen LogP contribution is -2.26. The first kappa shape index (κ1) is 21.6. The molecule has 0 unspecified atom stereocenters. The van der Waals surface area contributed by atoms with Gasteiger partial charge in [-0.05, 0) is 42.8 Å². The molecule has 1 aliphatic heterocycles. The van der Waals surface area contributed by atoms with Gasteiger partial charge < -0.3 is 26.0 Å². The van der Waals surface area contributed by atoms with Crippen molar-refractivity contribution >= 4 is 29.0 Å². The van der Waals surface area contributed by atoms with E-state index in [1.807, 2.05) is 31.3 Å². The van der Waals surface area contributed by atoms with Crippen LogP contribution in [-0.2, 0) is 24.3 Å². The lowest BCUT2D eigenvalue weighted by molar-refractivity contribution is 0.0995. The Hall–Kier alpha value is -3.63. The normalized spacial score (nSPS) is 13.5. The predicted molar refractivity (Wildman–Crippen MR) is 119 cm³/mol. The molecule has 0 saturated heterocycles. The molecule has 2 heterocycles. The number of rotatable bonds is 7. The molecule has 4 N–H and O–H groups in total. The number of aromatic nitrogens is 3. The number of likely N-dealkylation sites (N-methyl/N-ethyl adjacent to an activating group) is 1. The van der Waals surface area contributed by atoms with Crippen LogP contribution in [0.5, 0.6) is 0 Å². The zero-order valence-electron chi connectivity index (χ0n) is 17.9. The summed E-state index contributed by atoms with van der Waals surface area (Å²) in [6, 6.07) is 10.7. The molecule has 0 saturated carbocycles. The molecule has 9 nitrogen and oxygen atoms in total. The third kappa shape index (κ3) is 4.66. The van der Waals surface area contributed by atoms with Crippen LogP contribution in [0.3, 0.4) is 0 Å². The molecule has 0 spiro atoms. The number of carbonyl (C=O) groups is 1. The van der Waals surface area contributed by atoms with Gasteiger partial charge in [0.1, 0.15) is 5.82 Å². The van der Waals surface area contributed by atoms with Gasteiger partial charge in [0.25, 0.3) is 5.91 Å². The van der Waals surface area contributed by atoms with Crippen LogP contribution in [0.25, 0.3) is 0 Å². The van der Waals surface area contributed by atoms with Gasteiger partial charge >= 0.3 is 0 Å². The Morgan fingerprint density at radius 2 is 2.00 bits per heavy atom. The topological polar surface area (TPSA) is 118 Å². The molecule has 0 fully saturated rings. The Morgan fingerprint density at radius 3 is 2.78 bits per heavy atom. The summed E-state index contributed by atoms with van der Waals surface area (Å²) in [6.45, 7) is 1.97. The number of ether oxygens (including phenoxy) is 1. The number of hydrogen-bond donors (Lipinski definition) is 3. The monoisotopic (exact) mass is 437 g/mol. The molecule has 0 bridgehead atoms. The third-order valence-corrected chi connectivity index (χ3v) is 5.23. The average molecular weight is 437 g/mol. The highest BCUT2D eigenvalue weighted by atomic mass is 19.1. The van der Waals surface area contributed by atoms with E-state index in [0.717, 1.165) is 36.2 Å². The van der Waals surface area contributed by atoms with E-state index in [1.54, 1.807) is 13.2 Å². The Labute approximate surface area is 184 Å². The molecule has 0 radical (unpaired) electrons. The van der Waals surface area contributed by atoms with Crippen molar-refractivity contribution in [2.24, 2.45) is 5.73 Å². The summed E-state index contributed by atoms with van der Waals surface area (Å²) in [5.41, 5.74) is 9.11. The Kier molecular flexibility index (Phi) is 6.24. The van der Waals surface area contributed by atoms with E-state index in [2.05, 4.69) is 30.7 Å². The Balaban J connectivity index is 1.66. The van der Waals surface area contributed by atoms with Crippen LogP contribution in [0.2, 0.25) is 0 Å². The number of anilines is 4. The number of halogens is 1. The first-order valence-corrected chi connectivity index (χ1v) is 10.1. The van der Waals surface area contributed by atoms with Gasteiger partial charge in [-0.2, -0.15) is 4.98 Å². The van der Waals surface area contributed by atoms with E-state index in [9.17, 15) is 9.18 Å². The van der Waals surface area contributed by atoms with E-state index < -0.39 is 11.7 Å². The molecule has 1 aliphatic rings. The number of amides is 1. The zero-order chi connectivity index (χ0) is 22.7. The van der Waals surface area contributed by atoms with Gasteiger partial charge in [0.15, 0.2) is 11.5 Å². The SMILES string of the molecule is COCc1ccccc1Nc1nc(Nc2cc3c(cc2F)CCN(C)C3)nnc1C(N)=O. The van der Waals surface area contributed by atoms with Gasteiger partial charge in [-0.3, -0.25) is 4.79 Å². The second-order valence-corrected chi connectivity index (χ2v) is 7.63. The van der Waals surface area contributed by atoms with Crippen molar-refractivity contribution in [1.29, 1.82) is 0 Å². The number of nitrogens with one attached hydrogen (secondary N) is 2. The van der Waals surface area contributed by atoms with E-state index in [4.69, 9.17) is 10.5 Å². The lowest BCUT2D eigenvalue weighted by atomic mass is 9.99. The average Bonchev–Trinajstić information content (AvgIpc) is 2.76. The van der Waals surface area contributed by atoms with Gasteiger partial charge in [0.2, 0.25) is 5.95 Å². The summed E-state index contributed by atoms with van der Waals surface area (Å²) in [5.74, 6) is -1.05. The molecule has 10 heteroatoms. The smallest absolute Gasteiger partial charge is 0.273 e. The summed E-state index contributed by atoms with van der Waals surface area (Å²) < 4.78 is 19.9. The van der Waals surface area contributed by atoms with Crippen LogP contribution < -0.4 is 16.4 Å². The van der Waals surface area contributed by atoms with Crippen molar-refractivity contribution in [3.63, 3.8) is 0 Å². The summed E-state index contributed by atoms with van der Waals surface area (Å²) in [7, 11) is 3.61. The van der Waals surface area contributed by atoms with Crippen LogP contribution in [0.1, 0.15) is 27.2 Å². The number of nitrogens with two attached hydrogens (primary N) is 1. The number of benzene rings is 2. The van der Waals surface area contributed by atoms with Crippen LogP contribution in [-0.4, -0.2) is 46.7 Å². The zero-order valence-corrected chi connectivity index (χ0v) is 17.9. The number of methoxy groups -OCH3 is 1. The van der Waals surface area contributed by atoms with E-state index in [1.165, 1.54) is 6.07 Å². The highest BCUT2D eigenvalue weighted by molar-refractivity contribution is 5.96. The summed E-state index contributed by atoms with van der Waals surface area (Å²) in [6.07, 6.45) is 0.795. The maximum absolute atomic E-state index is 14.7. The fourth-order valence-electron chi connectivity index (χ4n) is 3.62. The highest BCUT2D eigenvalue weighted by Gasteiger charge is 2.19. The number of primary amides is 1. The molecule has 166 valence electrons. The number of para-hydroxylation sites is 1. The Bertz CT molecular complexity index is 1160. The van der Waals surface area contributed by atoms with Crippen molar-refractivity contribution in [1.82, 2.24) is 20.1 Å². The minimum atomic E-state index is -0.786. The van der Waals surface area contributed by atoms with Crippen molar-refractivity contribution in [2.75, 3.05) is 31.3 Å². The predicted octanol–water partition coefficient (Wildman–Crippen LogP) is 2.73. The maximum atomic E-state index is 14.7. The Morgan fingerprint density at radius 1 is 1.19 bits per heavy atom. The molecule has 0 aliphatic carbocycles. The molecule has 32 heavy (non-hydrogen) atoms. The van der Waals surface area contributed by atoms with Gasteiger partial charge in [-0.15, -0.1) is 10.2 Å². The highest BCUT2D eigenvalue weighted by Crippen LogP contribution is 2.28. The minimum absolute atomic E-state index is 0.0322. The quantitative estimate of drug-likeness (QED) is 0.516. The van der Waals surface area contributed by atoms with Crippen molar-refractivity contribution < 1.29 is 13.9 Å². The second-order valence-electron chi connectivity index (χ2n) is 7.63. The van der Waals surface area contributed by atoms with Crippen LogP contribution in [0.15, 0.2) is 36.4 Å². The fourth-order valence-corrected chi connectivity index (χ4v) is 3.62. The molecule has 1 aromatic heterocycles. The van der Waals surface area contributed by atoms with Gasteiger partial charge in [0, 0.05) is 31.5 Å². The van der Waals surface area contributed by atoms with Crippen molar-refractivity contribution in [3.05, 3.63) is 64.6 Å². The second kappa shape index (κ2) is 9.25. The van der Waals surface area contributed by atoms with Gasteiger partial charge in [-0.1, -0.05) is 18.2 Å². The minimum Gasteiger partial charge on any atom is -0.380 e. The molecule has 3 aromatic rings. The molecule has 0 atom stereocenters. The van der Waals surface area contributed by atoms with Crippen LogP contribution in [0, 0.1) is 5.82 Å². The van der Waals surface area contributed by atoms with Crippen LogP contribution >= 0.6 is 0 Å². The number of hydrogen-bond acceptors (Lipinski definition) is 8. The van der Waals surface area contributed by atoms with Gasteiger partial charge in [0.05, 0.1) is 12.3 Å². The summed E-state index contributed by atoms with van der Waals surface area (Å²) >= 11 is 0.